The van der Waals surface area contributed by atoms with Crippen LogP contribution in [-0.2, 0) is 24.8 Å². The highest BCUT2D eigenvalue weighted by atomic mass is 16.5. The van der Waals surface area contributed by atoms with Crippen LogP contribution in [0.3, 0.4) is 0 Å². The van der Waals surface area contributed by atoms with Gasteiger partial charge in [0.1, 0.15) is 5.82 Å². The molecule has 0 radical (unpaired) electrons. The second-order valence-electron chi connectivity index (χ2n) is 4.42. The first-order valence-corrected chi connectivity index (χ1v) is 6.51. The van der Waals surface area contributed by atoms with Gasteiger partial charge in [-0.05, 0) is 6.42 Å². The van der Waals surface area contributed by atoms with Crippen LogP contribution in [0, 0.1) is 0 Å². The first-order chi connectivity index (χ1) is 9.31. The standard InChI is InChI=1S/C13H21N5O/c1-17-9-6-14-12(17)4-8-18-10-7-16-13(18)15-5-3-11-19-2/h6-7,9-10H,3-5,8,11H2,1-2H3,(H,15,16). The molecule has 0 aliphatic rings. The Morgan fingerprint density at radius 2 is 2.11 bits per heavy atom. The lowest BCUT2D eigenvalue weighted by molar-refractivity contribution is 0.197. The van der Waals surface area contributed by atoms with Gasteiger partial charge in [-0.15, -0.1) is 0 Å². The van der Waals surface area contributed by atoms with Crippen LogP contribution < -0.4 is 5.32 Å². The summed E-state index contributed by atoms with van der Waals surface area (Å²) >= 11 is 0. The van der Waals surface area contributed by atoms with Gasteiger partial charge >= 0.3 is 0 Å². The highest BCUT2D eigenvalue weighted by molar-refractivity contribution is 5.25. The molecule has 104 valence electrons. The smallest absolute Gasteiger partial charge is 0.202 e. The number of anilines is 1. The SMILES string of the molecule is COCCCNc1nccn1CCc1nccn1C. The van der Waals surface area contributed by atoms with Gasteiger partial charge in [-0.1, -0.05) is 0 Å². The van der Waals surface area contributed by atoms with Crippen molar-refractivity contribution >= 4 is 5.95 Å². The first-order valence-electron chi connectivity index (χ1n) is 6.51. The predicted molar refractivity (Wildman–Crippen MR) is 74.1 cm³/mol. The molecule has 0 aromatic carbocycles. The molecule has 0 amide bonds. The van der Waals surface area contributed by atoms with Crippen molar-refractivity contribution in [3.63, 3.8) is 0 Å². The van der Waals surface area contributed by atoms with Crippen molar-refractivity contribution in [1.82, 2.24) is 19.1 Å². The fourth-order valence-electron chi connectivity index (χ4n) is 1.93. The maximum Gasteiger partial charge on any atom is 0.202 e. The number of imidazole rings is 2. The second kappa shape index (κ2) is 6.94. The van der Waals surface area contributed by atoms with Gasteiger partial charge in [-0.3, -0.25) is 0 Å². The van der Waals surface area contributed by atoms with E-state index in [0.29, 0.717) is 0 Å². The van der Waals surface area contributed by atoms with E-state index in [1.807, 2.05) is 36.4 Å². The van der Waals surface area contributed by atoms with Gasteiger partial charge in [-0.25, -0.2) is 9.97 Å². The molecule has 0 saturated heterocycles. The summed E-state index contributed by atoms with van der Waals surface area (Å²) in [4.78, 5) is 8.64. The average molecular weight is 263 g/mol. The maximum atomic E-state index is 5.02. The Labute approximate surface area is 113 Å². The number of rotatable bonds is 8. The van der Waals surface area contributed by atoms with Gasteiger partial charge in [0.05, 0.1) is 0 Å². The molecule has 0 aliphatic carbocycles. The number of ether oxygens (including phenoxy) is 1. The molecule has 2 aromatic rings. The molecule has 2 aromatic heterocycles. The van der Waals surface area contributed by atoms with E-state index in [-0.39, 0.29) is 0 Å². The number of aromatic nitrogens is 4. The fraction of sp³-hybridized carbons (Fsp3) is 0.538. The Kier molecular flexibility index (Phi) is 4.97. The van der Waals surface area contributed by atoms with Crippen molar-refractivity contribution < 1.29 is 4.74 Å². The summed E-state index contributed by atoms with van der Waals surface area (Å²) in [7, 11) is 3.73. The van der Waals surface area contributed by atoms with Crippen LogP contribution in [0.15, 0.2) is 24.8 Å². The lowest BCUT2D eigenvalue weighted by Crippen LogP contribution is -2.12. The topological polar surface area (TPSA) is 56.9 Å². The molecule has 2 heterocycles. The summed E-state index contributed by atoms with van der Waals surface area (Å²) in [6.45, 7) is 2.51. The van der Waals surface area contributed by atoms with E-state index in [1.54, 1.807) is 7.11 Å². The molecular weight excluding hydrogens is 242 g/mol. The minimum atomic E-state index is 0.765. The first kappa shape index (κ1) is 13.6. The molecule has 6 heteroatoms. The Hall–Kier alpha value is -1.82. The lowest BCUT2D eigenvalue weighted by atomic mass is 10.4. The highest BCUT2D eigenvalue weighted by Crippen LogP contribution is 2.06. The molecule has 2 rings (SSSR count). The summed E-state index contributed by atoms with van der Waals surface area (Å²) in [6.07, 6.45) is 9.47. The number of nitrogens with one attached hydrogen (secondary N) is 1. The van der Waals surface area contributed by atoms with E-state index in [1.165, 1.54) is 0 Å². The minimum absolute atomic E-state index is 0.765. The third-order valence-electron chi connectivity index (χ3n) is 3.02. The second-order valence-corrected chi connectivity index (χ2v) is 4.42. The number of nitrogens with zero attached hydrogens (tertiary/aromatic N) is 4. The van der Waals surface area contributed by atoms with Gasteiger partial charge in [-0.2, -0.15) is 0 Å². The lowest BCUT2D eigenvalue weighted by Gasteiger charge is -2.09. The van der Waals surface area contributed by atoms with Crippen LogP contribution in [0.25, 0.3) is 0 Å². The van der Waals surface area contributed by atoms with E-state index in [0.717, 1.165) is 44.3 Å². The molecule has 19 heavy (non-hydrogen) atoms. The molecule has 1 N–H and O–H groups in total. The summed E-state index contributed by atoms with van der Waals surface area (Å²) in [6, 6.07) is 0. The van der Waals surface area contributed by atoms with Crippen LogP contribution in [0.1, 0.15) is 12.2 Å². The average Bonchev–Trinajstić information content (AvgIpc) is 3.01. The Balaban J connectivity index is 1.83. The van der Waals surface area contributed by atoms with Crippen molar-refractivity contribution in [1.29, 1.82) is 0 Å². The van der Waals surface area contributed by atoms with Gasteiger partial charge < -0.3 is 19.2 Å². The molecule has 0 bridgehead atoms. The van der Waals surface area contributed by atoms with Gasteiger partial charge in [0.15, 0.2) is 0 Å². The van der Waals surface area contributed by atoms with Crippen molar-refractivity contribution in [3.8, 4) is 0 Å². The van der Waals surface area contributed by atoms with E-state index >= 15 is 0 Å². The number of hydrogen-bond acceptors (Lipinski definition) is 4. The Morgan fingerprint density at radius 1 is 1.26 bits per heavy atom. The van der Waals surface area contributed by atoms with Crippen LogP contribution in [0.2, 0.25) is 0 Å². The summed E-state index contributed by atoms with van der Waals surface area (Å²) in [5.41, 5.74) is 0. The van der Waals surface area contributed by atoms with Gasteiger partial charge in [0.25, 0.3) is 0 Å². The molecule has 0 atom stereocenters. The third kappa shape index (κ3) is 3.82. The summed E-state index contributed by atoms with van der Waals surface area (Å²) < 4.78 is 9.18. The molecule has 0 fully saturated rings. The molecule has 0 spiro atoms. The van der Waals surface area contributed by atoms with Gasteiger partial charge in [0.2, 0.25) is 5.95 Å². The van der Waals surface area contributed by atoms with E-state index in [4.69, 9.17) is 4.74 Å². The van der Waals surface area contributed by atoms with Crippen molar-refractivity contribution in [2.75, 3.05) is 25.6 Å². The third-order valence-corrected chi connectivity index (χ3v) is 3.02. The van der Waals surface area contributed by atoms with Crippen LogP contribution in [-0.4, -0.2) is 39.4 Å². The van der Waals surface area contributed by atoms with Crippen LogP contribution in [0.5, 0.6) is 0 Å². The van der Waals surface area contributed by atoms with E-state index in [2.05, 4.69) is 19.9 Å². The maximum absolute atomic E-state index is 5.02. The van der Waals surface area contributed by atoms with E-state index in [9.17, 15) is 0 Å². The zero-order chi connectivity index (χ0) is 13.5. The predicted octanol–water partition coefficient (Wildman–Crippen LogP) is 1.31. The highest BCUT2D eigenvalue weighted by Gasteiger charge is 2.04. The van der Waals surface area contributed by atoms with Crippen LogP contribution in [0.4, 0.5) is 5.95 Å². The quantitative estimate of drug-likeness (QED) is 0.730. The molecular formula is C13H21N5O. The Morgan fingerprint density at radius 3 is 2.84 bits per heavy atom. The summed E-state index contributed by atoms with van der Waals surface area (Å²) in [5, 5.41) is 3.32. The Bertz CT molecular complexity index is 491. The monoisotopic (exact) mass is 263 g/mol. The van der Waals surface area contributed by atoms with Gasteiger partial charge in [0, 0.05) is 65.1 Å². The van der Waals surface area contributed by atoms with E-state index < -0.39 is 0 Å². The molecule has 6 nitrogen and oxygen atoms in total. The molecule has 0 unspecified atom stereocenters. The fourth-order valence-corrected chi connectivity index (χ4v) is 1.93. The molecule has 0 aliphatic heterocycles. The normalized spacial score (nSPS) is 10.8. The minimum Gasteiger partial charge on any atom is -0.385 e. The summed E-state index contributed by atoms with van der Waals surface area (Å²) in [5.74, 6) is 1.99. The zero-order valence-corrected chi connectivity index (χ0v) is 11.5. The van der Waals surface area contributed by atoms with Crippen molar-refractivity contribution in [2.45, 2.75) is 19.4 Å². The number of methoxy groups -OCH3 is 1. The largest absolute Gasteiger partial charge is 0.385 e. The van der Waals surface area contributed by atoms with Crippen molar-refractivity contribution in [3.05, 3.63) is 30.6 Å². The van der Waals surface area contributed by atoms with Crippen molar-refractivity contribution in [2.24, 2.45) is 7.05 Å². The number of hydrogen-bond donors (Lipinski definition) is 1. The molecule has 0 saturated carbocycles. The zero-order valence-electron chi connectivity index (χ0n) is 11.5. The van der Waals surface area contributed by atoms with Crippen LogP contribution >= 0.6 is 0 Å². The number of aryl methyl sites for hydroxylation is 3.